The molecule has 0 unspecified atom stereocenters. The minimum atomic E-state index is -0.162. The topological polar surface area (TPSA) is 18.5 Å². The van der Waals surface area contributed by atoms with Crippen molar-refractivity contribution in [3.63, 3.8) is 0 Å². The van der Waals surface area contributed by atoms with E-state index < -0.39 is 0 Å². The third-order valence-electron chi connectivity index (χ3n) is 4.61. The second-order valence-electron chi connectivity index (χ2n) is 6.95. The molecule has 1 N–H and O–H groups in total. The smallest absolute Gasteiger partial charge is 0.169 e. The fraction of sp³-hybridized carbons (Fsp3) is 0.632. The van der Waals surface area contributed by atoms with Gasteiger partial charge in [-0.3, -0.25) is 0 Å². The lowest BCUT2D eigenvalue weighted by molar-refractivity contribution is 0.316. The number of halogens is 1. The molecule has 5 heteroatoms. The summed E-state index contributed by atoms with van der Waals surface area (Å²) >= 11 is 5.67. The van der Waals surface area contributed by atoms with E-state index in [4.69, 9.17) is 12.2 Å². The third kappa shape index (κ3) is 6.36. The SMILES string of the molecule is CN(C)CCN(Cc1ccccc1F)C(=S)NC1CCCCCC1. The first-order chi connectivity index (χ1) is 11.6. The average molecular weight is 352 g/mol. The highest BCUT2D eigenvalue weighted by Gasteiger charge is 2.18. The minimum absolute atomic E-state index is 0.162. The Balaban J connectivity index is 2.00. The van der Waals surface area contributed by atoms with Gasteiger partial charge in [-0.1, -0.05) is 43.9 Å². The van der Waals surface area contributed by atoms with Gasteiger partial charge in [-0.25, -0.2) is 4.39 Å². The molecule has 24 heavy (non-hydrogen) atoms. The Morgan fingerprint density at radius 2 is 1.79 bits per heavy atom. The molecule has 1 aliphatic rings. The van der Waals surface area contributed by atoms with Gasteiger partial charge in [0.25, 0.3) is 0 Å². The molecule has 134 valence electrons. The predicted molar refractivity (Wildman–Crippen MR) is 103 cm³/mol. The van der Waals surface area contributed by atoms with E-state index in [-0.39, 0.29) is 5.82 Å². The number of hydrogen-bond acceptors (Lipinski definition) is 2. The fourth-order valence-corrected chi connectivity index (χ4v) is 3.42. The van der Waals surface area contributed by atoms with E-state index in [0.29, 0.717) is 18.2 Å². The molecule has 0 aliphatic heterocycles. The molecule has 0 saturated heterocycles. The monoisotopic (exact) mass is 351 g/mol. The van der Waals surface area contributed by atoms with Gasteiger partial charge in [-0.2, -0.15) is 0 Å². The van der Waals surface area contributed by atoms with Crippen LogP contribution >= 0.6 is 12.2 Å². The van der Waals surface area contributed by atoms with Crippen LogP contribution in [0.15, 0.2) is 24.3 Å². The highest BCUT2D eigenvalue weighted by atomic mass is 32.1. The number of hydrogen-bond donors (Lipinski definition) is 1. The molecule has 1 aromatic rings. The van der Waals surface area contributed by atoms with Crippen LogP contribution in [0, 0.1) is 5.82 Å². The van der Waals surface area contributed by atoms with Crippen LogP contribution in [0.2, 0.25) is 0 Å². The molecule has 0 aromatic heterocycles. The molecule has 2 rings (SSSR count). The average Bonchev–Trinajstić information content (AvgIpc) is 2.81. The van der Waals surface area contributed by atoms with Gasteiger partial charge in [0.2, 0.25) is 0 Å². The van der Waals surface area contributed by atoms with Crippen molar-refractivity contribution >= 4 is 17.3 Å². The Morgan fingerprint density at radius 1 is 1.12 bits per heavy atom. The van der Waals surface area contributed by atoms with Gasteiger partial charge < -0.3 is 15.1 Å². The number of nitrogens with zero attached hydrogens (tertiary/aromatic N) is 2. The summed E-state index contributed by atoms with van der Waals surface area (Å²) in [6.07, 6.45) is 7.55. The number of rotatable bonds is 6. The van der Waals surface area contributed by atoms with Crippen LogP contribution in [0.3, 0.4) is 0 Å². The van der Waals surface area contributed by atoms with Crippen molar-refractivity contribution < 1.29 is 4.39 Å². The van der Waals surface area contributed by atoms with E-state index in [9.17, 15) is 4.39 Å². The summed E-state index contributed by atoms with van der Waals surface area (Å²) in [4.78, 5) is 4.22. The molecule has 0 spiro atoms. The number of benzene rings is 1. The van der Waals surface area contributed by atoms with E-state index in [1.54, 1.807) is 6.07 Å². The molecular formula is C19H30FN3S. The van der Waals surface area contributed by atoms with Gasteiger partial charge in [0.15, 0.2) is 5.11 Å². The maximum absolute atomic E-state index is 14.0. The van der Waals surface area contributed by atoms with Crippen LogP contribution < -0.4 is 5.32 Å². The van der Waals surface area contributed by atoms with Crippen molar-refractivity contribution in [1.82, 2.24) is 15.1 Å². The summed E-state index contributed by atoms with van der Waals surface area (Å²) in [5.41, 5.74) is 0.696. The van der Waals surface area contributed by atoms with Crippen molar-refractivity contribution in [2.24, 2.45) is 0 Å². The Bertz CT molecular complexity index is 513. The Hall–Kier alpha value is -1.20. The largest absolute Gasteiger partial charge is 0.360 e. The van der Waals surface area contributed by atoms with Crippen molar-refractivity contribution in [3.05, 3.63) is 35.6 Å². The van der Waals surface area contributed by atoms with Crippen molar-refractivity contribution in [3.8, 4) is 0 Å². The summed E-state index contributed by atoms with van der Waals surface area (Å²) in [5.74, 6) is -0.162. The van der Waals surface area contributed by atoms with E-state index >= 15 is 0 Å². The zero-order valence-electron chi connectivity index (χ0n) is 14.9. The van der Waals surface area contributed by atoms with Crippen molar-refractivity contribution in [1.29, 1.82) is 0 Å². The van der Waals surface area contributed by atoms with Gasteiger partial charge in [-0.15, -0.1) is 0 Å². The van der Waals surface area contributed by atoms with Gasteiger partial charge in [0.1, 0.15) is 5.82 Å². The molecule has 1 saturated carbocycles. The number of likely N-dealkylation sites (N-methyl/N-ethyl adjacent to an activating group) is 1. The number of nitrogens with one attached hydrogen (secondary N) is 1. The standard InChI is InChI=1S/C19H30FN3S/c1-22(2)13-14-23(15-16-9-7-8-12-18(16)20)19(24)21-17-10-5-3-4-6-11-17/h7-9,12,17H,3-6,10-11,13-15H2,1-2H3,(H,21,24). The quantitative estimate of drug-likeness (QED) is 0.621. The Kier molecular flexibility index (Phi) is 7.92. The summed E-state index contributed by atoms with van der Waals surface area (Å²) in [6.45, 7) is 2.19. The molecule has 0 bridgehead atoms. The maximum atomic E-state index is 14.0. The summed E-state index contributed by atoms with van der Waals surface area (Å²) < 4.78 is 14.0. The molecule has 0 heterocycles. The van der Waals surface area contributed by atoms with Crippen molar-refractivity contribution in [2.75, 3.05) is 27.2 Å². The third-order valence-corrected chi connectivity index (χ3v) is 4.98. The predicted octanol–water partition coefficient (Wildman–Crippen LogP) is 3.79. The molecule has 1 fully saturated rings. The van der Waals surface area contributed by atoms with E-state index in [2.05, 4.69) is 15.1 Å². The number of thiocarbonyl (C=S) groups is 1. The van der Waals surface area contributed by atoms with Crippen LogP contribution in [-0.2, 0) is 6.54 Å². The molecule has 1 aromatic carbocycles. The van der Waals surface area contributed by atoms with E-state index in [0.717, 1.165) is 18.2 Å². The first-order valence-electron chi connectivity index (χ1n) is 9.00. The second-order valence-corrected chi connectivity index (χ2v) is 7.34. The van der Waals surface area contributed by atoms with Crippen LogP contribution in [0.4, 0.5) is 4.39 Å². The zero-order valence-corrected chi connectivity index (χ0v) is 15.7. The highest BCUT2D eigenvalue weighted by molar-refractivity contribution is 7.80. The molecule has 0 atom stereocenters. The first-order valence-corrected chi connectivity index (χ1v) is 9.40. The maximum Gasteiger partial charge on any atom is 0.169 e. The molecule has 0 amide bonds. The van der Waals surface area contributed by atoms with E-state index in [1.807, 2.05) is 26.2 Å². The molecule has 0 radical (unpaired) electrons. The van der Waals surface area contributed by atoms with Crippen LogP contribution in [0.1, 0.15) is 44.1 Å². The van der Waals surface area contributed by atoms with E-state index in [1.165, 1.54) is 44.6 Å². The Morgan fingerprint density at radius 3 is 2.42 bits per heavy atom. The lowest BCUT2D eigenvalue weighted by atomic mass is 10.1. The molecule has 1 aliphatic carbocycles. The molecule has 3 nitrogen and oxygen atoms in total. The van der Waals surface area contributed by atoms with Crippen LogP contribution in [0.25, 0.3) is 0 Å². The molecular weight excluding hydrogens is 321 g/mol. The lowest BCUT2D eigenvalue weighted by Gasteiger charge is -2.30. The van der Waals surface area contributed by atoms with Gasteiger partial charge in [-0.05, 0) is 45.2 Å². The van der Waals surface area contributed by atoms with Gasteiger partial charge >= 0.3 is 0 Å². The van der Waals surface area contributed by atoms with Crippen molar-refractivity contribution in [2.45, 2.75) is 51.1 Å². The summed E-state index contributed by atoms with van der Waals surface area (Å²) in [6, 6.07) is 7.42. The van der Waals surface area contributed by atoms with Crippen LogP contribution in [0.5, 0.6) is 0 Å². The second kappa shape index (κ2) is 9.94. The minimum Gasteiger partial charge on any atom is -0.360 e. The normalized spacial score (nSPS) is 16.0. The fourth-order valence-electron chi connectivity index (χ4n) is 3.09. The summed E-state index contributed by atoms with van der Waals surface area (Å²) in [5, 5.41) is 4.30. The highest BCUT2D eigenvalue weighted by Crippen LogP contribution is 2.18. The van der Waals surface area contributed by atoms with Crippen LogP contribution in [-0.4, -0.2) is 48.1 Å². The summed E-state index contributed by atoms with van der Waals surface area (Å²) in [7, 11) is 4.09. The lowest BCUT2D eigenvalue weighted by Crippen LogP contribution is -2.46. The first kappa shape index (κ1) is 19.1. The Labute approximate surface area is 151 Å². The van der Waals surface area contributed by atoms with Gasteiger partial charge in [0, 0.05) is 31.2 Å². The zero-order chi connectivity index (χ0) is 17.4. The van der Waals surface area contributed by atoms with Gasteiger partial charge in [0.05, 0.1) is 0 Å².